The number of hydrogen-bond donors (Lipinski definition) is 4. The first-order valence-electron chi connectivity index (χ1n) is 22.2. The largest absolute Gasteiger partial charge is 0.443 e. The lowest BCUT2D eigenvalue weighted by atomic mass is 9.65. The van der Waals surface area contributed by atoms with Crippen LogP contribution in [0.3, 0.4) is 0 Å². The fraction of sp³-hybridized carbons (Fsp3) is 0.717. The Morgan fingerprint density at radius 1 is 0.917 bits per heavy atom. The lowest BCUT2D eigenvalue weighted by Crippen LogP contribution is -2.61. The fourth-order valence-corrected chi connectivity index (χ4v) is 10.4. The van der Waals surface area contributed by atoms with Crippen molar-refractivity contribution in [2.45, 2.75) is 149 Å². The number of nitrogens with one attached hydrogen (secondary N) is 4. The number of likely N-dealkylation sites (tertiary alicyclic amines) is 1. The average molecular weight is 835 g/mol. The van der Waals surface area contributed by atoms with E-state index in [1.54, 1.807) is 49.3 Å². The molecule has 2 bridgehead atoms. The van der Waals surface area contributed by atoms with Crippen LogP contribution in [0, 0.1) is 34.5 Å². The van der Waals surface area contributed by atoms with Crippen molar-refractivity contribution < 1.29 is 38.3 Å². The number of nitrogens with zero attached hydrogens (tertiary/aromatic N) is 2. The van der Waals surface area contributed by atoms with Crippen LogP contribution in [0.25, 0.3) is 0 Å². The molecule has 6 amide bonds. The Labute approximate surface area is 356 Å². The molecule has 3 saturated carbocycles. The van der Waals surface area contributed by atoms with Gasteiger partial charge in [-0.2, -0.15) is 0 Å². The fourth-order valence-electron chi connectivity index (χ4n) is 10.4. The van der Waals surface area contributed by atoms with Crippen molar-refractivity contribution in [3.63, 3.8) is 0 Å². The van der Waals surface area contributed by atoms with Gasteiger partial charge in [-0.3, -0.25) is 28.8 Å². The Morgan fingerprint density at radius 3 is 2.15 bits per heavy atom. The Bertz CT molecular complexity index is 1750. The van der Waals surface area contributed by atoms with Crippen LogP contribution in [0.15, 0.2) is 30.3 Å². The molecular formula is C46H70N6O8. The second-order valence-corrected chi connectivity index (χ2v) is 19.9. The zero-order valence-electron chi connectivity index (χ0n) is 37.4. The van der Waals surface area contributed by atoms with E-state index >= 15 is 0 Å². The van der Waals surface area contributed by atoms with E-state index < -0.39 is 77.2 Å². The zero-order valence-corrected chi connectivity index (χ0v) is 37.4. The molecular weight excluding hydrogens is 765 g/mol. The lowest BCUT2D eigenvalue weighted by Gasteiger charge is -2.47. The highest BCUT2D eigenvalue weighted by Gasteiger charge is 2.70. The van der Waals surface area contributed by atoms with Crippen molar-refractivity contribution in [1.29, 1.82) is 0 Å². The van der Waals surface area contributed by atoms with Crippen molar-refractivity contribution in [1.82, 2.24) is 31.1 Å². The van der Waals surface area contributed by atoms with Crippen LogP contribution >= 0.6 is 0 Å². The first kappa shape index (κ1) is 46.6. The maximum Gasteiger partial charge on any atom is 0.408 e. The number of hydrogen-bond acceptors (Lipinski definition) is 8. The molecule has 8 atom stereocenters. The molecule has 3 unspecified atom stereocenters. The summed E-state index contributed by atoms with van der Waals surface area (Å²) < 4.78 is 6.35. The lowest BCUT2D eigenvalue weighted by molar-refractivity contribution is -0.145. The number of fused-ring (bicyclic) bond motifs is 3. The van der Waals surface area contributed by atoms with Gasteiger partial charge in [0.2, 0.25) is 29.4 Å². The maximum atomic E-state index is 14.7. The van der Waals surface area contributed by atoms with Crippen LogP contribution in [0.4, 0.5) is 4.79 Å². The van der Waals surface area contributed by atoms with Crippen LogP contribution in [-0.2, 0) is 33.5 Å². The van der Waals surface area contributed by atoms with Gasteiger partial charge in [-0.15, -0.1) is 0 Å². The second-order valence-electron chi connectivity index (χ2n) is 19.9. The normalized spacial score (nSPS) is 26.6. The minimum Gasteiger partial charge on any atom is -0.443 e. The Hall–Kier alpha value is -4.49. The van der Waals surface area contributed by atoms with Crippen molar-refractivity contribution in [3.05, 3.63) is 35.9 Å². The van der Waals surface area contributed by atoms with E-state index in [9.17, 15) is 33.6 Å². The first-order valence-corrected chi connectivity index (χ1v) is 22.2. The van der Waals surface area contributed by atoms with Gasteiger partial charge in [0.1, 0.15) is 23.7 Å². The highest BCUT2D eigenvalue weighted by molar-refractivity contribution is 6.38. The quantitative estimate of drug-likeness (QED) is 0.157. The molecule has 1 aromatic rings. The molecule has 1 aliphatic heterocycles. The standard InChI is InChI=1S/C46H70N6O8/c1-10-12-21-32(37(54)40(56)47-26-33(53)49-35(41(57)51(8)9)30-19-14-13-15-20-30)48-39(55)36-34-31(45(34,6)7)27-52(36)42(58)38(44(3,4)5)50-43(59)60-46(22-11-2)24-28-17-16-18-29(23-28)25-46/h13-15,19-20,28-29,31-32,34-36,38H,10-12,16-18,21-27H2,1-9H3,(H,47,56)(H,48,55)(H,49,53)(H,50,59)/t28?,29?,31-,32?,34-,35+,36+,38-,46?/m1/s1. The van der Waals surface area contributed by atoms with Crippen LogP contribution in [-0.4, -0.2) is 102 Å². The predicted octanol–water partition coefficient (Wildman–Crippen LogP) is 5.06. The predicted molar refractivity (Wildman–Crippen MR) is 227 cm³/mol. The third kappa shape index (κ3) is 10.7. The number of rotatable bonds is 17. The zero-order chi connectivity index (χ0) is 44.2. The number of alkyl carbamates (subject to hydrolysis) is 1. The van der Waals surface area contributed by atoms with Crippen molar-refractivity contribution in [2.24, 2.45) is 34.5 Å². The maximum absolute atomic E-state index is 14.7. The number of likely N-dealkylation sites (N-methyl/N-ethyl adjacent to an activating group) is 1. The van der Waals surface area contributed by atoms with Gasteiger partial charge in [-0.05, 0) is 72.2 Å². The summed E-state index contributed by atoms with van der Waals surface area (Å²) in [5.74, 6) is -3.04. The summed E-state index contributed by atoms with van der Waals surface area (Å²) in [7, 11) is 3.14. The molecule has 14 heteroatoms. The van der Waals surface area contributed by atoms with E-state index in [4.69, 9.17) is 4.74 Å². The molecule has 332 valence electrons. The van der Waals surface area contributed by atoms with E-state index in [1.807, 2.05) is 27.7 Å². The topological polar surface area (TPSA) is 183 Å². The number of Topliss-reactive ketones (excluding diaryl/α,β-unsaturated/α-hetero) is 1. The molecule has 1 saturated heterocycles. The van der Waals surface area contributed by atoms with Gasteiger partial charge in [0.05, 0.1) is 12.6 Å². The van der Waals surface area contributed by atoms with E-state index in [1.165, 1.54) is 17.7 Å². The number of ketones is 1. The molecule has 5 rings (SSSR count). The SMILES string of the molecule is CCCCC(NC(=O)[C@@H]1[C@H]2[C@@H](CN1C(=O)[C@@H](NC(=O)OC1(CCC)CC3CCCC(C3)C1)C(C)(C)C)C2(C)C)C(=O)C(=O)NCC(=O)N[C@H](C(=O)N(C)C)c1ccccc1. The van der Waals surface area contributed by atoms with E-state index in [-0.39, 0.29) is 29.6 Å². The Morgan fingerprint density at radius 2 is 1.57 bits per heavy atom. The number of carbonyl (C=O) groups is 7. The summed E-state index contributed by atoms with van der Waals surface area (Å²) >= 11 is 0. The van der Waals surface area contributed by atoms with Gasteiger partial charge in [0.25, 0.3) is 5.91 Å². The highest BCUT2D eigenvalue weighted by atomic mass is 16.6. The second kappa shape index (κ2) is 19.1. The van der Waals surface area contributed by atoms with Crippen LogP contribution in [0.5, 0.6) is 0 Å². The monoisotopic (exact) mass is 835 g/mol. The van der Waals surface area contributed by atoms with Crippen LogP contribution in [0.2, 0.25) is 0 Å². The molecule has 1 aromatic carbocycles. The van der Waals surface area contributed by atoms with Gasteiger partial charge in [-0.1, -0.05) is 117 Å². The number of amides is 6. The van der Waals surface area contributed by atoms with E-state index in [0.717, 1.165) is 38.5 Å². The summed E-state index contributed by atoms with van der Waals surface area (Å²) in [6, 6.07) is 4.55. The van der Waals surface area contributed by atoms with Gasteiger partial charge in [-0.25, -0.2) is 4.79 Å². The molecule has 4 N–H and O–H groups in total. The third-order valence-electron chi connectivity index (χ3n) is 13.6. The van der Waals surface area contributed by atoms with E-state index in [2.05, 4.69) is 42.0 Å². The number of unbranched alkanes of at least 4 members (excludes halogenated alkanes) is 1. The highest BCUT2D eigenvalue weighted by Crippen LogP contribution is 2.65. The van der Waals surface area contributed by atoms with Gasteiger partial charge in [0, 0.05) is 20.6 Å². The number of ether oxygens (including phenoxy) is 1. The summed E-state index contributed by atoms with van der Waals surface area (Å²) in [6.07, 6.45) is 8.78. The first-order chi connectivity index (χ1) is 28.2. The molecule has 1 heterocycles. The minimum atomic E-state index is -1.21. The summed E-state index contributed by atoms with van der Waals surface area (Å²) in [5.41, 5.74) is -0.981. The number of carbonyl (C=O) groups excluding carboxylic acids is 7. The Balaban J connectivity index is 1.27. The summed E-state index contributed by atoms with van der Waals surface area (Å²) in [6.45, 7) is 13.5. The summed E-state index contributed by atoms with van der Waals surface area (Å²) in [5, 5.41) is 10.8. The van der Waals surface area contributed by atoms with Crippen molar-refractivity contribution in [3.8, 4) is 0 Å². The third-order valence-corrected chi connectivity index (χ3v) is 13.6. The Kier molecular flexibility index (Phi) is 14.8. The molecule has 4 fully saturated rings. The van der Waals surface area contributed by atoms with E-state index in [0.29, 0.717) is 36.8 Å². The van der Waals surface area contributed by atoms with Gasteiger partial charge in [0.15, 0.2) is 0 Å². The smallest absolute Gasteiger partial charge is 0.408 e. The molecule has 0 spiro atoms. The molecule has 0 aromatic heterocycles. The van der Waals surface area contributed by atoms with Gasteiger partial charge < -0.3 is 35.8 Å². The number of piperidine rings is 1. The average Bonchev–Trinajstić information content (AvgIpc) is 3.48. The molecule has 4 aliphatic rings. The van der Waals surface area contributed by atoms with Crippen molar-refractivity contribution >= 4 is 41.4 Å². The van der Waals surface area contributed by atoms with Gasteiger partial charge >= 0.3 is 6.09 Å². The molecule has 3 aliphatic carbocycles. The molecule has 0 radical (unpaired) electrons. The molecule has 14 nitrogen and oxygen atoms in total. The number of benzene rings is 1. The minimum absolute atomic E-state index is 0.0323. The van der Waals surface area contributed by atoms with Crippen LogP contribution in [0.1, 0.15) is 131 Å². The molecule has 60 heavy (non-hydrogen) atoms. The van der Waals surface area contributed by atoms with Crippen molar-refractivity contribution in [2.75, 3.05) is 27.2 Å². The summed E-state index contributed by atoms with van der Waals surface area (Å²) in [4.78, 5) is 98.7. The van der Waals surface area contributed by atoms with Crippen LogP contribution < -0.4 is 21.3 Å².